The summed E-state index contributed by atoms with van der Waals surface area (Å²) in [4.78, 5) is 23.3. The number of fused-ring (bicyclic) bond motifs is 1. The number of hydrogen-bond acceptors (Lipinski definition) is 4. The van der Waals surface area contributed by atoms with E-state index in [1.165, 1.54) is 27.6 Å². The Morgan fingerprint density at radius 3 is 2.90 bits per heavy atom. The van der Waals surface area contributed by atoms with Crippen molar-refractivity contribution in [2.45, 2.75) is 26.8 Å². The zero-order chi connectivity index (χ0) is 15.0. The molecule has 0 saturated carbocycles. The van der Waals surface area contributed by atoms with Gasteiger partial charge in [0.1, 0.15) is 0 Å². The topological polar surface area (TPSA) is 89.6 Å². The van der Waals surface area contributed by atoms with E-state index in [0.717, 1.165) is 6.42 Å². The van der Waals surface area contributed by atoms with E-state index < -0.39 is 0 Å². The van der Waals surface area contributed by atoms with E-state index in [2.05, 4.69) is 47.0 Å². The number of rotatable bonds is 3. The number of nitrogens with two attached hydrogens (primary N) is 1. The number of nitrogens with zero attached hydrogens (tertiary/aromatic N) is 3. The molecule has 2 heterocycles. The Balaban J connectivity index is 1.93. The summed E-state index contributed by atoms with van der Waals surface area (Å²) in [6.07, 6.45) is 2.19. The lowest BCUT2D eigenvalue weighted by atomic mass is 10.0. The molecule has 3 N–H and O–H groups in total. The summed E-state index contributed by atoms with van der Waals surface area (Å²) in [6, 6.07) is 6.30. The third-order valence-corrected chi connectivity index (χ3v) is 3.68. The molecule has 21 heavy (non-hydrogen) atoms. The smallest absolute Gasteiger partial charge is 0.280 e. The van der Waals surface area contributed by atoms with Gasteiger partial charge in [-0.05, 0) is 31.4 Å². The van der Waals surface area contributed by atoms with E-state index in [9.17, 15) is 4.79 Å². The molecule has 0 amide bonds. The molecule has 2 aromatic heterocycles. The minimum Gasteiger partial charge on any atom is -0.369 e. The SMILES string of the molecule is Cc1ccc(CCn2c(N)nc3nc[nH]c3c2=O)c(C)c1. The molecule has 0 unspecified atom stereocenters. The number of nitrogen functional groups attached to an aromatic ring is 1. The first-order chi connectivity index (χ1) is 10.1. The first-order valence-electron chi connectivity index (χ1n) is 6.82. The Kier molecular flexibility index (Phi) is 3.21. The Bertz CT molecular complexity index is 862. The van der Waals surface area contributed by atoms with Crippen molar-refractivity contribution in [2.24, 2.45) is 0 Å². The lowest BCUT2D eigenvalue weighted by molar-refractivity contribution is 0.671. The second-order valence-corrected chi connectivity index (χ2v) is 5.21. The van der Waals surface area contributed by atoms with Crippen LogP contribution in [0.5, 0.6) is 0 Å². The molecule has 0 bridgehead atoms. The van der Waals surface area contributed by atoms with Crippen LogP contribution in [0.4, 0.5) is 5.95 Å². The number of hydrogen-bond donors (Lipinski definition) is 2. The van der Waals surface area contributed by atoms with E-state index >= 15 is 0 Å². The monoisotopic (exact) mass is 283 g/mol. The van der Waals surface area contributed by atoms with Crippen LogP contribution in [0.25, 0.3) is 11.2 Å². The highest BCUT2D eigenvalue weighted by Gasteiger charge is 2.10. The van der Waals surface area contributed by atoms with Gasteiger partial charge < -0.3 is 10.7 Å². The maximum Gasteiger partial charge on any atom is 0.280 e. The molecule has 0 atom stereocenters. The fourth-order valence-corrected chi connectivity index (χ4v) is 2.51. The molecule has 1 aromatic carbocycles. The number of aromatic amines is 1. The third kappa shape index (κ3) is 2.40. The van der Waals surface area contributed by atoms with Crippen LogP contribution in [-0.2, 0) is 13.0 Å². The van der Waals surface area contributed by atoms with Crippen molar-refractivity contribution < 1.29 is 0 Å². The Hall–Kier alpha value is -2.63. The molecule has 0 aliphatic heterocycles. The van der Waals surface area contributed by atoms with Crippen molar-refractivity contribution in [1.82, 2.24) is 19.5 Å². The number of aromatic nitrogens is 4. The summed E-state index contributed by atoms with van der Waals surface area (Å²) >= 11 is 0. The summed E-state index contributed by atoms with van der Waals surface area (Å²) in [5.41, 5.74) is 10.1. The van der Waals surface area contributed by atoms with Crippen LogP contribution in [0.2, 0.25) is 0 Å². The molecular formula is C15H17N5O. The molecule has 0 fully saturated rings. The van der Waals surface area contributed by atoms with Crippen molar-refractivity contribution in [3.63, 3.8) is 0 Å². The summed E-state index contributed by atoms with van der Waals surface area (Å²) in [6.45, 7) is 4.64. The maximum atomic E-state index is 12.3. The first kappa shape index (κ1) is 13.4. The van der Waals surface area contributed by atoms with Crippen molar-refractivity contribution in [2.75, 3.05) is 5.73 Å². The van der Waals surface area contributed by atoms with Gasteiger partial charge >= 0.3 is 0 Å². The third-order valence-electron chi connectivity index (χ3n) is 3.68. The number of anilines is 1. The number of benzene rings is 1. The molecule has 3 rings (SSSR count). The van der Waals surface area contributed by atoms with Gasteiger partial charge in [-0.3, -0.25) is 9.36 Å². The maximum absolute atomic E-state index is 12.3. The summed E-state index contributed by atoms with van der Waals surface area (Å²) in [5, 5.41) is 0. The van der Waals surface area contributed by atoms with Gasteiger partial charge in [0.2, 0.25) is 5.95 Å². The molecular weight excluding hydrogens is 266 g/mol. The van der Waals surface area contributed by atoms with Crippen molar-refractivity contribution in [3.8, 4) is 0 Å². The Morgan fingerprint density at radius 2 is 2.14 bits per heavy atom. The van der Waals surface area contributed by atoms with Gasteiger partial charge in [0.05, 0.1) is 6.33 Å². The van der Waals surface area contributed by atoms with Crippen molar-refractivity contribution in [3.05, 3.63) is 51.6 Å². The largest absolute Gasteiger partial charge is 0.369 e. The fraction of sp³-hybridized carbons (Fsp3) is 0.267. The van der Waals surface area contributed by atoms with E-state index in [4.69, 9.17) is 5.73 Å². The predicted octanol–water partition coefficient (Wildman–Crippen LogP) is 1.56. The average molecular weight is 283 g/mol. The van der Waals surface area contributed by atoms with E-state index in [0.29, 0.717) is 17.7 Å². The van der Waals surface area contributed by atoms with Gasteiger partial charge in [0, 0.05) is 6.54 Å². The van der Waals surface area contributed by atoms with Gasteiger partial charge in [-0.1, -0.05) is 23.8 Å². The lowest BCUT2D eigenvalue weighted by Crippen LogP contribution is -2.25. The van der Waals surface area contributed by atoms with Crippen LogP contribution in [-0.4, -0.2) is 19.5 Å². The molecule has 6 heteroatoms. The molecule has 6 nitrogen and oxygen atoms in total. The number of imidazole rings is 1. The van der Waals surface area contributed by atoms with Gasteiger partial charge in [-0.2, -0.15) is 4.98 Å². The van der Waals surface area contributed by atoms with Crippen molar-refractivity contribution in [1.29, 1.82) is 0 Å². The van der Waals surface area contributed by atoms with Gasteiger partial charge in [0.25, 0.3) is 5.56 Å². The molecule has 108 valence electrons. The van der Waals surface area contributed by atoms with Crippen LogP contribution in [0.3, 0.4) is 0 Å². The summed E-state index contributed by atoms with van der Waals surface area (Å²) < 4.78 is 1.49. The van der Waals surface area contributed by atoms with Crippen LogP contribution >= 0.6 is 0 Å². The quantitative estimate of drug-likeness (QED) is 0.763. The van der Waals surface area contributed by atoms with Gasteiger partial charge in [-0.25, -0.2) is 4.98 Å². The van der Waals surface area contributed by atoms with Crippen LogP contribution < -0.4 is 11.3 Å². The lowest BCUT2D eigenvalue weighted by Gasteiger charge is -2.10. The fourth-order valence-electron chi connectivity index (χ4n) is 2.51. The average Bonchev–Trinajstić information content (AvgIpc) is 2.89. The zero-order valence-electron chi connectivity index (χ0n) is 12.1. The molecule has 0 aliphatic rings. The highest BCUT2D eigenvalue weighted by molar-refractivity contribution is 5.69. The molecule has 0 radical (unpaired) electrons. The highest BCUT2D eigenvalue weighted by atomic mass is 16.1. The van der Waals surface area contributed by atoms with Crippen molar-refractivity contribution >= 4 is 17.1 Å². The Morgan fingerprint density at radius 1 is 1.33 bits per heavy atom. The molecule has 0 spiro atoms. The van der Waals surface area contributed by atoms with E-state index in [1.54, 1.807) is 0 Å². The number of H-pyrrole nitrogens is 1. The summed E-state index contributed by atoms with van der Waals surface area (Å²) in [5.74, 6) is 0.198. The molecule has 0 saturated heterocycles. The number of nitrogens with one attached hydrogen (secondary N) is 1. The number of aryl methyl sites for hydroxylation is 3. The second-order valence-electron chi connectivity index (χ2n) is 5.21. The van der Waals surface area contributed by atoms with Crippen LogP contribution in [0.1, 0.15) is 16.7 Å². The molecule has 0 aliphatic carbocycles. The van der Waals surface area contributed by atoms with E-state index in [1.807, 2.05) is 0 Å². The predicted molar refractivity (Wildman–Crippen MR) is 82.2 cm³/mol. The van der Waals surface area contributed by atoms with Gasteiger partial charge in [-0.15, -0.1) is 0 Å². The standard InChI is InChI=1S/C15H17N5O/c1-9-3-4-11(10(2)7-9)5-6-20-14(21)12-13(18-8-17-12)19-15(20)16/h3-4,7-8H,5-6H2,1-2H3,(H2,16,19)(H,17,18). The van der Waals surface area contributed by atoms with Gasteiger partial charge in [0.15, 0.2) is 11.2 Å². The first-order valence-corrected chi connectivity index (χ1v) is 6.82. The van der Waals surface area contributed by atoms with Crippen LogP contribution in [0, 0.1) is 13.8 Å². The highest BCUT2D eigenvalue weighted by Crippen LogP contribution is 2.12. The zero-order valence-corrected chi connectivity index (χ0v) is 12.1. The normalized spacial score (nSPS) is 11.1. The summed E-state index contributed by atoms with van der Waals surface area (Å²) in [7, 11) is 0. The molecule has 3 aromatic rings. The second kappa shape index (κ2) is 5.05. The Labute approximate surface area is 121 Å². The minimum atomic E-state index is -0.181. The van der Waals surface area contributed by atoms with Crippen LogP contribution in [0.15, 0.2) is 29.3 Å². The minimum absolute atomic E-state index is 0.181. The van der Waals surface area contributed by atoms with E-state index in [-0.39, 0.29) is 11.5 Å².